The van der Waals surface area contributed by atoms with E-state index in [9.17, 15) is 0 Å². The van der Waals surface area contributed by atoms with Crippen molar-refractivity contribution in [3.63, 3.8) is 0 Å². The number of nitrogens with zero attached hydrogens (tertiary/aromatic N) is 2. The lowest BCUT2D eigenvalue weighted by Gasteiger charge is -2.28. The Labute approximate surface area is 149 Å². The lowest BCUT2D eigenvalue weighted by Crippen LogP contribution is -2.35. The molecule has 1 aliphatic rings. The minimum absolute atomic E-state index is 0.768. The predicted octanol–water partition coefficient (Wildman–Crippen LogP) is 4.29. The third-order valence-electron chi connectivity index (χ3n) is 4.84. The number of benzene rings is 1. The quantitative estimate of drug-likeness (QED) is 0.601. The van der Waals surface area contributed by atoms with Gasteiger partial charge >= 0.3 is 0 Å². The summed E-state index contributed by atoms with van der Waals surface area (Å²) in [6.07, 6.45) is 6.76. The molecule has 1 heterocycles. The number of para-hydroxylation sites is 1. The van der Waals surface area contributed by atoms with Gasteiger partial charge in [0.05, 0.1) is 0 Å². The zero-order valence-electron chi connectivity index (χ0n) is 15.8. The maximum atomic E-state index is 5.89. The van der Waals surface area contributed by atoms with Gasteiger partial charge in [-0.25, -0.2) is 0 Å². The second-order valence-electron chi connectivity index (χ2n) is 7.44. The van der Waals surface area contributed by atoms with Crippen LogP contribution in [0.1, 0.15) is 46.0 Å². The molecule has 1 aliphatic heterocycles. The zero-order chi connectivity index (χ0) is 17.0. The molecule has 24 heavy (non-hydrogen) atoms. The van der Waals surface area contributed by atoms with Crippen LogP contribution in [-0.4, -0.2) is 55.7 Å². The van der Waals surface area contributed by atoms with Crippen molar-refractivity contribution in [2.24, 2.45) is 5.92 Å². The van der Waals surface area contributed by atoms with Crippen LogP contribution >= 0.6 is 0 Å². The largest absolute Gasteiger partial charge is 0.492 e. The Bertz CT molecular complexity index is 415. The first-order valence-corrected chi connectivity index (χ1v) is 9.86. The van der Waals surface area contributed by atoms with E-state index < -0.39 is 0 Å². The first-order valence-electron chi connectivity index (χ1n) is 9.86. The summed E-state index contributed by atoms with van der Waals surface area (Å²) in [4.78, 5) is 5.23. The van der Waals surface area contributed by atoms with E-state index in [0.29, 0.717) is 0 Å². The summed E-state index contributed by atoms with van der Waals surface area (Å²) in [5, 5.41) is 0. The average molecular weight is 333 g/mol. The van der Waals surface area contributed by atoms with E-state index in [-0.39, 0.29) is 0 Å². The van der Waals surface area contributed by atoms with E-state index in [2.05, 4.69) is 23.6 Å². The van der Waals surface area contributed by atoms with Crippen LogP contribution in [0.2, 0.25) is 0 Å². The van der Waals surface area contributed by atoms with Crippen LogP contribution in [0.25, 0.3) is 0 Å². The summed E-state index contributed by atoms with van der Waals surface area (Å²) in [5.74, 6) is 1.75. The maximum Gasteiger partial charge on any atom is 0.119 e. The molecule has 0 radical (unpaired) electrons. The molecule has 1 saturated heterocycles. The number of hydrogen-bond donors (Lipinski definition) is 0. The number of piperidine rings is 1. The maximum absolute atomic E-state index is 5.89. The topological polar surface area (TPSA) is 15.7 Å². The van der Waals surface area contributed by atoms with Gasteiger partial charge in [-0.15, -0.1) is 0 Å². The molecular weight excluding hydrogens is 296 g/mol. The zero-order valence-corrected chi connectivity index (χ0v) is 15.8. The third kappa shape index (κ3) is 8.16. The van der Waals surface area contributed by atoms with Gasteiger partial charge in [-0.3, -0.25) is 4.90 Å². The number of hydrogen-bond acceptors (Lipinski definition) is 3. The molecular formula is C21H36N2O. The molecule has 0 unspecified atom stereocenters. The fourth-order valence-corrected chi connectivity index (χ4v) is 3.29. The van der Waals surface area contributed by atoms with Crippen LogP contribution < -0.4 is 4.74 Å². The highest BCUT2D eigenvalue weighted by Crippen LogP contribution is 2.11. The summed E-state index contributed by atoms with van der Waals surface area (Å²) in [7, 11) is 0. The molecule has 1 aromatic rings. The normalized spacial score (nSPS) is 16.0. The number of rotatable bonds is 11. The Kier molecular flexibility index (Phi) is 9.22. The molecule has 3 heteroatoms. The lowest BCUT2D eigenvalue weighted by atomic mass is 10.1. The van der Waals surface area contributed by atoms with Crippen LogP contribution in [0.3, 0.4) is 0 Å². The lowest BCUT2D eigenvalue weighted by molar-refractivity contribution is 0.177. The molecule has 1 aromatic carbocycles. The second-order valence-corrected chi connectivity index (χ2v) is 7.44. The Morgan fingerprint density at radius 1 is 1.00 bits per heavy atom. The van der Waals surface area contributed by atoms with Gasteiger partial charge in [0.25, 0.3) is 0 Å². The van der Waals surface area contributed by atoms with Crippen LogP contribution in [0, 0.1) is 5.92 Å². The van der Waals surface area contributed by atoms with Crippen molar-refractivity contribution in [3.05, 3.63) is 30.3 Å². The molecule has 0 aromatic heterocycles. The summed E-state index contributed by atoms with van der Waals surface area (Å²) < 4.78 is 5.89. The molecule has 0 amide bonds. The van der Waals surface area contributed by atoms with Crippen molar-refractivity contribution in [3.8, 4) is 5.75 Å². The van der Waals surface area contributed by atoms with Gasteiger partial charge in [0, 0.05) is 6.54 Å². The van der Waals surface area contributed by atoms with Crippen LogP contribution in [0.15, 0.2) is 30.3 Å². The Morgan fingerprint density at radius 3 is 2.46 bits per heavy atom. The molecule has 0 bridgehead atoms. The highest BCUT2D eigenvalue weighted by atomic mass is 16.5. The van der Waals surface area contributed by atoms with Crippen molar-refractivity contribution in [2.75, 3.05) is 45.9 Å². The van der Waals surface area contributed by atoms with Crippen LogP contribution in [0.5, 0.6) is 5.75 Å². The number of ether oxygens (including phenoxy) is 1. The first kappa shape index (κ1) is 19.3. The van der Waals surface area contributed by atoms with E-state index in [1.807, 2.05) is 30.3 Å². The minimum Gasteiger partial charge on any atom is -0.492 e. The van der Waals surface area contributed by atoms with Crippen molar-refractivity contribution < 1.29 is 4.74 Å². The fraction of sp³-hybridized carbons (Fsp3) is 0.714. The monoisotopic (exact) mass is 332 g/mol. The van der Waals surface area contributed by atoms with E-state index >= 15 is 0 Å². The van der Waals surface area contributed by atoms with Gasteiger partial charge in [-0.1, -0.05) is 38.5 Å². The molecule has 0 saturated carbocycles. The van der Waals surface area contributed by atoms with Crippen molar-refractivity contribution in [1.82, 2.24) is 9.80 Å². The molecule has 136 valence electrons. The Morgan fingerprint density at radius 2 is 1.75 bits per heavy atom. The summed E-state index contributed by atoms with van der Waals surface area (Å²) in [6, 6.07) is 10.2. The Balaban J connectivity index is 1.67. The van der Waals surface area contributed by atoms with Crippen molar-refractivity contribution in [1.29, 1.82) is 0 Å². The standard InChI is InChI=1S/C21H36N2O/c1-20(2)12-17-23(16-9-15-22-13-7-4-8-14-22)18-19-24-21-10-5-3-6-11-21/h3,5-6,10-11,20H,4,7-9,12-19H2,1-2H3. The first-order chi connectivity index (χ1) is 11.7. The molecule has 0 spiro atoms. The van der Waals surface area contributed by atoms with Gasteiger partial charge < -0.3 is 9.64 Å². The van der Waals surface area contributed by atoms with E-state index in [4.69, 9.17) is 4.74 Å². The van der Waals surface area contributed by atoms with Crippen LogP contribution in [-0.2, 0) is 0 Å². The molecule has 0 atom stereocenters. The number of likely N-dealkylation sites (tertiary alicyclic amines) is 1. The van der Waals surface area contributed by atoms with E-state index in [1.165, 1.54) is 64.8 Å². The predicted molar refractivity (Wildman–Crippen MR) is 103 cm³/mol. The summed E-state index contributed by atoms with van der Waals surface area (Å²) in [5.41, 5.74) is 0. The van der Waals surface area contributed by atoms with Crippen LogP contribution in [0.4, 0.5) is 0 Å². The van der Waals surface area contributed by atoms with Gasteiger partial charge in [0.1, 0.15) is 12.4 Å². The SMILES string of the molecule is CC(C)CCN(CCCN1CCCCC1)CCOc1ccccc1. The molecule has 0 aliphatic carbocycles. The molecule has 2 rings (SSSR count). The third-order valence-corrected chi connectivity index (χ3v) is 4.84. The van der Waals surface area contributed by atoms with Crippen molar-refractivity contribution in [2.45, 2.75) is 46.0 Å². The Hall–Kier alpha value is -1.06. The van der Waals surface area contributed by atoms with Crippen molar-refractivity contribution >= 4 is 0 Å². The molecule has 0 N–H and O–H groups in total. The highest BCUT2D eigenvalue weighted by Gasteiger charge is 2.11. The van der Waals surface area contributed by atoms with Gasteiger partial charge in [-0.2, -0.15) is 0 Å². The van der Waals surface area contributed by atoms with Gasteiger partial charge in [0.2, 0.25) is 0 Å². The fourth-order valence-electron chi connectivity index (χ4n) is 3.29. The summed E-state index contributed by atoms with van der Waals surface area (Å²) in [6.45, 7) is 12.7. The molecule has 1 fully saturated rings. The minimum atomic E-state index is 0.768. The summed E-state index contributed by atoms with van der Waals surface area (Å²) >= 11 is 0. The molecule has 3 nitrogen and oxygen atoms in total. The van der Waals surface area contributed by atoms with Gasteiger partial charge in [0.15, 0.2) is 0 Å². The second kappa shape index (κ2) is 11.5. The average Bonchev–Trinajstić information content (AvgIpc) is 2.61. The smallest absolute Gasteiger partial charge is 0.119 e. The van der Waals surface area contributed by atoms with E-state index in [1.54, 1.807) is 0 Å². The van der Waals surface area contributed by atoms with E-state index in [0.717, 1.165) is 24.8 Å². The van der Waals surface area contributed by atoms with Gasteiger partial charge in [-0.05, 0) is 76.5 Å². The highest BCUT2D eigenvalue weighted by molar-refractivity contribution is 5.20.